The summed E-state index contributed by atoms with van der Waals surface area (Å²) >= 11 is 0. The van der Waals surface area contributed by atoms with Gasteiger partial charge in [-0.1, -0.05) is 0 Å². The van der Waals surface area contributed by atoms with E-state index in [4.69, 9.17) is 9.47 Å². The number of carbonyl (C=O) groups is 1. The van der Waals surface area contributed by atoms with Crippen molar-refractivity contribution in [1.82, 2.24) is 14.9 Å². The van der Waals surface area contributed by atoms with Crippen LogP contribution < -0.4 is 0 Å². The first-order chi connectivity index (χ1) is 11.2. The number of hydrogen-bond acceptors (Lipinski definition) is 6. The van der Waals surface area contributed by atoms with E-state index in [1.165, 1.54) is 0 Å². The van der Waals surface area contributed by atoms with Gasteiger partial charge >= 0.3 is 6.09 Å². The zero-order valence-electron chi connectivity index (χ0n) is 14.7. The molecule has 2 fully saturated rings. The zero-order valence-corrected chi connectivity index (χ0v) is 14.7. The molecule has 1 aromatic rings. The summed E-state index contributed by atoms with van der Waals surface area (Å²) < 4.78 is 11.1. The van der Waals surface area contributed by atoms with Gasteiger partial charge in [0.05, 0.1) is 25.3 Å². The number of aromatic nitrogens is 2. The lowest BCUT2D eigenvalue weighted by Crippen LogP contribution is -2.63. The first kappa shape index (κ1) is 17.1. The molecule has 7 heteroatoms. The quantitative estimate of drug-likeness (QED) is 0.842. The van der Waals surface area contributed by atoms with Gasteiger partial charge < -0.3 is 14.6 Å². The summed E-state index contributed by atoms with van der Waals surface area (Å²) in [6, 6.07) is 1.30. The molecule has 0 radical (unpaired) electrons. The van der Waals surface area contributed by atoms with E-state index >= 15 is 0 Å². The predicted molar refractivity (Wildman–Crippen MR) is 86.4 cm³/mol. The van der Waals surface area contributed by atoms with E-state index in [9.17, 15) is 9.90 Å². The molecule has 2 aliphatic heterocycles. The lowest BCUT2D eigenvalue weighted by atomic mass is 9.80. The summed E-state index contributed by atoms with van der Waals surface area (Å²) in [5, 5.41) is 11.1. The van der Waals surface area contributed by atoms with E-state index in [2.05, 4.69) is 9.97 Å². The molecule has 2 unspecified atom stereocenters. The van der Waals surface area contributed by atoms with E-state index in [-0.39, 0.29) is 18.2 Å². The molecule has 132 valence electrons. The third-order valence-electron chi connectivity index (χ3n) is 4.37. The van der Waals surface area contributed by atoms with Crippen molar-refractivity contribution in [2.45, 2.75) is 63.8 Å². The number of fused-ring (bicyclic) bond motifs is 2. The topological polar surface area (TPSA) is 84.8 Å². The summed E-state index contributed by atoms with van der Waals surface area (Å²) in [4.78, 5) is 22.9. The van der Waals surface area contributed by atoms with Gasteiger partial charge in [-0.05, 0) is 33.8 Å². The van der Waals surface area contributed by atoms with Gasteiger partial charge in [-0.25, -0.2) is 14.8 Å². The number of aryl methyl sites for hydroxylation is 1. The third kappa shape index (κ3) is 3.37. The summed E-state index contributed by atoms with van der Waals surface area (Å²) in [7, 11) is 0. The Morgan fingerprint density at radius 3 is 2.54 bits per heavy atom. The fraction of sp³-hybridized carbons (Fsp3) is 0.706. The summed E-state index contributed by atoms with van der Waals surface area (Å²) in [6.45, 7) is 8.16. The Balaban J connectivity index is 1.84. The maximum Gasteiger partial charge on any atom is 0.410 e. The van der Waals surface area contributed by atoms with Crippen LogP contribution in [0.5, 0.6) is 0 Å². The highest BCUT2D eigenvalue weighted by Crippen LogP contribution is 2.40. The number of hydrogen-bond donors (Lipinski definition) is 1. The summed E-state index contributed by atoms with van der Waals surface area (Å²) in [6.07, 6.45) is 1.98. The zero-order chi connectivity index (χ0) is 17.5. The molecule has 2 saturated heterocycles. The minimum atomic E-state index is -1.15. The molecule has 1 amide bonds. The van der Waals surface area contributed by atoms with Gasteiger partial charge in [0.2, 0.25) is 0 Å². The Kier molecular flexibility index (Phi) is 4.25. The predicted octanol–water partition coefficient (Wildman–Crippen LogP) is 1.77. The lowest BCUT2D eigenvalue weighted by Gasteiger charge is -2.50. The molecular weight excluding hydrogens is 310 g/mol. The van der Waals surface area contributed by atoms with Crippen LogP contribution in [0.25, 0.3) is 0 Å². The second-order valence-electron chi connectivity index (χ2n) is 7.69. The number of morpholine rings is 1. The molecular formula is C17H25N3O4. The van der Waals surface area contributed by atoms with Crippen molar-refractivity contribution in [1.29, 1.82) is 0 Å². The van der Waals surface area contributed by atoms with Gasteiger partial charge in [0.15, 0.2) is 5.82 Å². The Hall–Kier alpha value is -1.73. The number of amides is 1. The highest BCUT2D eigenvalue weighted by molar-refractivity contribution is 5.69. The van der Waals surface area contributed by atoms with Crippen LogP contribution in [-0.2, 0) is 15.1 Å². The highest BCUT2D eigenvalue weighted by atomic mass is 16.6. The van der Waals surface area contributed by atoms with Crippen molar-refractivity contribution in [2.24, 2.45) is 0 Å². The minimum Gasteiger partial charge on any atom is -0.444 e. The van der Waals surface area contributed by atoms with Crippen LogP contribution in [0, 0.1) is 6.92 Å². The van der Waals surface area contributed by atoms with Gasteiger partial charge in [-0.3, -0.25) is 4.90 Å². The average Bonchev–Trinajstić information content (AvgIpc) is 2.44. The van der Waals surface area contributed by atoms with Crippen molar-refractivity contribution in [2.75, 3.05) is 13.2 Å². The molecule has 0 aromatic carbocycles. The fourth-order valence-electron chi connectivity index (χ4n) is 3.44. The molecule has 2 atom stereocenters. The van der Waals surface area contributed by atoms with Crippen LogP contribution in [0.15, 0.2) is 12.3 Å². The Morgan fingerprint density at radius 1 is 1.38 bits per heavy atom. The smallest absolute Gasteiger partial charge is 0.410 e. The third-order valence-corrected chi connectivity index (χ3v) is 4.37. The molecule has 3 heterocycles. The van der Waals surface area contributed by atoms with E-state index < -0.39 is 11.2 Å². The van der Waals surface area contributed by atoms with Crippen molar-refractivity contribution < 1.29 is 19.4 Å². The van der Waals surface area contributed by atoms with E-state index in [1.807, 2.05) is 27.7 Å². The number of carbonyl (C=O) groups excluding carboxylic acids is 1. The Labute approximate surface area is 142 Å². The second-order valence-corrected chi connectivity index (χ2v) is 7.69. The lowest BCUT2D eigenvalue weighted by molar-refractivity contribution is -0.144. The Morgan fingerprint density at radius 2 is 2.00 bits per heavy atom. The van der Waals surface area contributed by atoms with Gasteiger partial charge in [0.25, 0.3) is 0 Å². The van der Waals surface area contributed by atoms with Crippen LogP contribution in [-0.4, -0.2) is 57.0 Å². The van der Waals surface area contributed by atoms with Crippen LogP contribution in [0.3, 0.4) is 0 Å². The van der Waals surface area contributed by atoms with Crippen LogP contribution >= 0.6 is 0 Å². The summed E-state index contributed by atoms with van der Waals surface area (Å²) in [5.74, 6) is 0.420. The minimum absolute atomic E-state index is 0.249. The van der Waals surface area contributed by atoms with Crippen molar-refractivity contribution in [3.63, 3.8) is 0 Å². The normalized spacial score (nSPS) is 30.1. The number of rotatable bonds is 1. The SMILES string of the molecule is Cc1ccnc(C2(O)CC3COCC(C2)N3C(=O)OC(C)(C)C)n1. The number of ether oxygens (including phenoxy) is 2. The van der Waals surface area contributed by atoms with Crippen LogP contribution in [0.2, 0.25) is 0 Å². The molecule has 3 rings (SSSR count). The largest absolute Gasteiger partial charge is 0.444 e. The standard InChI is InChI=1S/C17H25N3O4/c1-11-5-6-18-14(19-11)17(22)7-12-9-23-10-13(8-17)20(12)15(21)24-16(2,3)4/h5-6,12-13,22H,7-10H2,1-4H3. The van der Waals surface area contributed by atoms with Crippen molar-refractivity contribution in [3.05, 3.63) is 23.8 Å². The molecule has 2 bridgehead atoms. The number of aliphatic hydroxyl groups is 1. The molecule has 0 aliphatic carbocycles. The molecule has 2 aliphatic rings. The van der Waals surface area contributed by atoms with Crippen LogP contribution in [0.1, 0.15) is 45.1 Å². The molecule has 1 aromatic heterocycles. The maximum atomic E-state index is 12.6. The molecule has 0 saturated carbocycles. The second kappa shape index (κ2) is 5.97. The Bertz CT molecular complexity index is 615. The fourth-order valence-corrected chi connectivity index (χ4v) is 3.44. The molecule has 0 spiro atoms. The van der Waals surface area contributed by atoms with Gasteiger partial charge in [-0.15, -0.1) is 0 Å². The molecule has 24 heavy (non-hydrogen) atoms. The van der Waals surface area contributed by atoms with E-state index in [1.54, 1.807) is 17.2 Å². The number of nitrogens with zero attached hydrogens (tertiary/aromatic N) is 3. The van der Waals surface area contributed by atoms with Crippen molar-refractivity contribution >= 4 is 6.09 Å². The molecule has 1 N–H and O–H groups in total. The summed E-state index contributed by atoms with van der Waals surface area (Å²) in [5.41, 5.74) is -0.895. The average molecular weight is 335 g/mol. The van der Waals surface area contributed by atoms with E-state index in [0.717, 1.165) is 5.69 Å². The maximum absolute atomic E-state index is 12.6. The highest BCUT2D eigenvalue weighted by Gasteiger charge is 2.51. The van der Waals surface area contributed by atoms with Gasteiger partial charge in [0.1, 0.15) is 11.2 Å². The first-order valence-corrected chi connectivity index (χ1v) is 8.29. The van der Waals surface area contributed by atoms with E-state index in [0.29, 0.717) is 31.9 Å². The molecule has 7 nitrogen and oxygen atoms in total. The first-order valence-electron chi connectivity index (χ1n) is 8.29. The van der Waals surface area contributed by atoms with Crippen molar-refractivity contribution in [3.8, 4) is 0 Å². The van der Waals surface area contributed by atoms with Gasteiger partial charge in [0, 0.05) is 24.7 Å². The monoisotopic (exact) mass is 335 g/mol. The van der Waals surface area contributed by atoms with Crippen LogP contribution in [0.4, 0.5) is 4.79 Å². The number of piperidine rings is 1. The van der Waals surface area contributed by atoms with Gasteiger partial charge in [-0.2, -0.15) is 0 Å².